The molecule has 3 N–H and O–H groups in total. The van der Waals surface area contributed by atoms with Crippen molar-refractivity contribution in [3.63, 3.8) is 0 Å². The molecule has 0 aromatic rings. The first-order chi connectivity index (χ1) is 36.5. The van der Waals surface area contributed by atoms with Crippen LogP contribution in [0.4, 0.5) is 0 Å². The highest BCUT2D eigenvalue weighted by molar-refractivity contribution is 7.47. The molecule has 0 radical (unpaired) electrons. The number of hydrogen-bond acceptors (Lipinski definition) is 5. The van der Waals surface area contributed by atoms with Crippen molar-refractivity contribution in [3.8, 4) is 0 Å². The molecule has 9 heteroatoms. The molecule has 0 saturated heterocycles. The van der Waals surface area contributed by atoms with Crippen molar-refractivity contribution in [2.45, 2.75) is 328 Å². The van der Waals surface area contributed by atoms with Crippen LogP contribution in [0.15, 0.2) is 48.6 Å². The van der Waals surface area contributed by atoms with Gasteiger partial charge in [-0.15, -0.1) is 0 Å². The Bertz CT molecular complexity index is 1360. The molecule has 0 aromatic heterocycles. The van der Waals surface area contributed by atoms with E-state index in [1.807, 2.05) is 27.2 Å². The van der Waals surface area contributed by atoms with Gasteiger partial charge in [0.05, 0.1) is 39.9 Å². The van der Waals surface area contributed by atoms with Crippen molar-refractivity contribution in [2.75, 3.05) is 40.9 Å². The molecule has 0 aliphatic heterocycles. The summed E-state index contributed by atoms with van der Waals surface area (Å²) in [5.74, 6) is -0.184. The van der Waals surface area contributed by atoms with E-state index in [1.165, 1.54) is 250 Å². The van der Waals surface area contributed by atoms with Gasteiger partial charge in [-0.2, -0.15) is 0 Å². The average Bonchev–Trinajstić information content (AvgIpc) is 3.37. The van der Waals surface area contributed by atoms with Gasteiger partial charge >= 0.3 is 7.82 Å². The lowest BCUT2D eigenvalue weighted by Gasteiger charge is -2.25. The zero-order chi connectivity index (χ0) is 54.9. The number of phosphoric acid groups is 1. The van der Waals surface area contributed by atoms with Crippen LogP contribution in [-0.2, 0) is 18.4 Å². The van der Waals surface area contributed by atoms with E-state index in [-0.39, 0.29) is 19.1 Å². The van der Waals surface area contributed by atoms with Crippen LogP contribution in [0.2, 0.25) is 0 Å². The lowest BCUT2D eigenvalue weighted by Crippen LogP contribution is -2.45. The van der Waals surface area contributed by atoms with Gasteiger partial charge in [-0.3, -0.25) is 13.8 Å². The Kier molecular flexibility index (Phi) is 56.0. The number of nitrogens with one attached hydrogen (secondary N) is 1. The third-order valence-electron chi connectivity index (χ3n) is 14.8. The minimum absolute atomic E-state index is 0.0560. The summed E-state index contributed by atoms with van der Waals surface area (Å²) >= 11 is 0. The second kappa shape index (κ2) is 57.2. The van der Waals surface area contributed by atoms with Crippen molar-refractivity contribution in [2.24, 2.45) is 0 Å². The predicted octanol–water partition coefficient (Wildman–Crippen LogP) is 20.3. The van der Waals surface area contributed by atoms with Crippen LogP contribution in [0.5, 0.6) is 0 Å². The fourth-order valence-electron chi connectivity index (χ4n) is 9.68. The van der Waals surface area contributed by atoms with E-state index in [2.05, 4.69) is 55.6 Å². The number of carbonyl (C=O) groups is 1. The molecular formula is C66H128N2O6P+. The van der Waals surface area contributed by atoms with Crippen LogP contribution in [0, 0.1) is 0 Å². The third-order valence-corrected chi connectivity index (χ3v) is 15.8. The molecule has 1 amide bonds. The van der Waals surface area contributed by atoms with Crippen LogP contribution in [-0.4, -0.2) is 73.4 Å². The summed E-state index contributed by atoms with van der Waals surface area (Å²) in [5.41, 5.74) is 0. The minimum Gasteiger partial charge on any atom is -0.387 e. The van der Waals surface area contributed by atoms with Gasteiger partial charge in [0.15, 0.2) is 0 Å². The van der Waals surface area contributed by atoms with E-state index in [1.54, 1.807) is 6.08 Å². The SMILES string of the molecule is CCCCCCC/C=C\C/C=C\CCCCCCCCCCCCCCCC(=O)NC(COP(=O)(O)OCC[N+](C)(C)C)C(O)/C=C/CC/C=C/CCCCCCCCCCCCCCCCCCCCCCCC. The largest absolute Gasteiger partial charge is 0.472 e. The Balaban J connectivity index is 4.16. The number of aliphatic hydroxyl groups is 1. The van der Waals surface area contributed by atoms with Gasteiger partial charge in [-0.25, -0.2) is 4.57 Å². The Hall–Kier alpha value is -1.54. The highest BCUT2D eigenvalue weighted by Gasteiger charge is 2.27. The number of quaternary nitrogens is 1. The normalized spacial score (nSPS) is 14.1. The van der Waals surface area contributed by atoms with Gasteiger partial charge in [-0.05, 0) is 64.2 Å². The first kappa shape index (κ1) is 73.5. The van der Waals surface area contributed by atoms with Crippen molar-refractivity contribution in [3.05, 3.63) is 48.6 Å². The maximum absolute atomic E-state index is 13.0. The second-order valence-corrected chi connectivity index (χ2v) is 24.9. The average molecular weight is 1080 g/mol. The van der Waals surface area contributed by atoms with Crippen molar-refractivity contribution < 1.29 is 32.9 Å². The molecule has 0 aliphatic rings. The zero-order valence-corrected chi connectivity index (χ0v) is 51.4. The molecule has 75 heavy (non-hydrogen) atoms. The molecule has 0 aliphatic carbocycles. The number of aliphatic hydroxyl groups excluding tert-OH is 1. The van der Waals surface area contributed by atoms with Crippen LogP contribution < -0.4 is 5.32 Å². The first-order valence-electron chi connectivity index (χ1n) is 32.5. The topological polar surface area (TPSA) is 105 Å². The number of hydrogen-bond donors (Lipinski definition) is 3. The minimum atomic E-state index is -4.36. The first-order valence-corrected chi connectivity index (χ1v) is 34.0. The maximum atomic E-state index is 13.0. The molecular weight excluding hydrogens is 948 g/mol. The van der Waals surface area contributed by atoms with Crippen LogP contribution in [0.3, 0.4) is 0 Å². The van der Waals surface area contributed by atoms with Gasteiger partial charge in [0.1, 0.15) is 13.2 Å². The highest BCUT2D eigenvalue weighted by Crippen LogP contribution is 2.43. The van der Waals surface area contributed by atoms with E-state index >= 15 is 0 Å². The van der Waals surface area contributed by atoms with Gasteiger partial charge in [-0.1, -0.05) is 294 Å². The summed E-state index contributed by atoms with van der Waals surface area (Å²) in [4.78, 5) is 23.4. The van der Waals surface area contributed by atoms with E-state index in [0.29, 0.717) is 17.4 Å². The molecule has 442 valence electrons. The quantitative estimate of drug-likeness (QED) is 0.0243. The lowest BCUT2D eigenvalue weighted by molar-refractivity contribution is -0.870. The maximum Gasteiger partial charge on any atom is 0.472 e. The number of phosphoric ester groups is 1. The van der Waals surface area contributed by atoms with Gasteiger partial charge < -0.3 is 19.8 Å². The molecule has 3 unspecified atom stereocenters. The fourth-order valence-corrected chi connectivity index (χ4v) is 10.4. The monoisotopic (exact) mass is 1080 g/mol. The van der Waals surface area contributed by atoms with Crippen molar-refractivity contribution in [1.82, 2.24) is 5.32 Å². The van der Waals surface area contributed by atoms with Gasteiger partial charge in [0.25, 0.3) is 0 Å². The molecule has 0 saturated carbocycles. The Morgan fingerprint density at radius 3 is 1.15 bits per heavy atom. The van der Waals surface area contributed by atoms with Crippen LogP contribution in [0.1, 0.15) is 316 Å². The van der Waals surface area contributed by atoms with E-state index in [4.69, 9.17) is 9.05 Å². The Morgan fingerprint density at radius 1 is 0.453 bits per heavy atom. The van der Waals surface area contributed by atoms with Gasteiger partial charge in [0, 0.05) is 6.42 Å². The standard InChI is InChI=1S/C66H127N2O6P/c1-6-8-10-12-14-16-18-20-22-24-26-28-30-32-33-34-36-37-39-41-43-45-47-49-51-53-55-57-59-65(69)64(63-74-75(71,72)73-62-61-68(3,4)5)67-66(70)60-58-56-54-52-50-48-46-44-42-40-38-35-31-29-27-25-23-21-19-17-15-13-11-9-7-2/h19,21,25,27,49,51,57,59,64-65,69H,6-18,20,22-24,26,28-48,50,52-56,58,60-63H2,1-5H3,(H-,67,70,71,72)/p+1/b21-19-,27-25-,51-49+,59-57+. The molecule has 0 spiro atoms. The summed E-state index contributed by atoms with van der Waals surface area (Å²) in [6.07, 6.45) is 76.7. The Morgan fingerprint density at radius 2 is 0.773 bits per heavy atom. The van der Waals surface area contributed by atoms with Crippen molar-refractivity contribution >= 4 is 13.7 Å². The highest BCUT2D eigenvalue weighted by atomic mass is 31.2. The van der Waals surface area contributed by atoms with E-state index in [0.717, 1.165) is 44.9 Å². The summed E-state index contributed by atoms with van der Waals surface area (Å²) in [5, 5.41) is 14.0. The van der Waals surface area contributed by atoms with Crippen LogP contribution in [0.25, 0.3) is 0 Å². The van der Waals surface area contributed by atoms with Gasteiger partial charge in [0.2, 0.25) is 5.91 Å². The number of amides is 1. The number of allylic oxidation sites excluding steroid dienone is 7. The van der Waals surface area contributed by atoms with E-state index < -0.39 is 20.0 Å². The summed E-state index contributed by atoms with van der Waals surface area (Å²) in [7, 11) is 1.56. The smallest absolute Gasteiger partial charge is 0.387 e. The molecule has 0 rings (SSSR count). The second-order valence-electron chi connectivity index (χ2n) is 23.5. The van der Waals surface area contributed by atoms with E-state index in [9.17, 15) is 19.4 Å². The molecule has 0 bridgehead atoms. The summed E-state index contributed by atoms with van der Waals surface area (Å²) < 4.78 is 23.8. The predicted molar refractivity (Wildman–Crippen MR) is 327 cm³/mol. The molecule has 0 heterocycles. The summed E-state index contributed by atoms with van der Waals surface area (Å²) in [6, 6.07) is -0.866. The molecule has 8 nitrogen and oxygen atoms in total. The number of nitrogens with zero attached hydrogens (tertiary/aromatic N) is 1. The number of likely N-dealkylation sites (N-methyl/N-ethyl adjacent to an activating group) is 1. The molecule has 0 fully saturated rings. The number of carbonyl (C=O) groups excluding carboxylic acids is 1. The lowest BCUT2D eigenvalue weighted by atomic mass is 10.0. The number of unbranched alkanes of at least 4 members (excludes halogenated alkanes) is 41. The molecule has 3 atom stereocenters. The molecule has 0 aromatic carbocycles. The van der Waals surface area contributed by atoms with Crippen molar-refractivity contribution in [1.29, 1.82) is 0 Å². The number of rotatable bonds is 60. The zero-order valence-electron chi connectivity index (χ0n) is 50.6. The third kappa shape index (κ3) is 60.0. The Labute approximate surface area is 467 Å². The fraction of sp³-hybridized carbons (Fsp3) is 0.864. The van der Waals surface area contributed by atoms with Crippen LogP contribution >= 0.6 is 7.82 Å². The summed E-state index contributed by atoms with van der Waals surface area (Å²) in [6.45, 7) is 4.83.